The molecule has 198 valence electrons. The number of nitrogens with zero attached hydrogens (tertiary/aromatic N) is 2. The predicted octanol–water partition coefficient (Wildman–Crippen LogP) is 5.26. The van der Waals surface area contributed by atoms with Gasteiger partial charge in [-0.3, -0.25) is 13.9 Å². The molecule has 0 radical (unpaired) electrons. The normalized spacial score (nSPS) is 13.1. The van der Waals surface area contributed by atoms with Gasteiger partial charge in [-0.05, 0) is 56.0 Å². The van der Waals surface area contributed by atoms with Gasteiger partial charge in [0.1, 0.15) is 6.04 Å². The summed E-state index contributed by atoms with van der Waals surface area (Å²) < 4.78 is 26.0. The van der Waals surface area contributed by atoms with Gasteiger partial charge in [0, 0.05) is 25.6 Å². The number of carbonyl (C=O) groups excluding carboxylic acids is 2. The van der Waals surface area contributed by atoms with Crippen LogP contribution in [0, 0.1) is 0 Å². The number of nitrogens with one attached hydrogen (secondary N) is 1. The number of amides is 2. The van der Waals surface area contributed by atoms with E-state index < -0.39 is 16.1 Å². The zero-order valence-corrected chi connectivity index (χ0v) is 23.5. The van der Waals surface area contributed by atoms with Crippen molar-refractivity contribution in [3.05, 3.63) is 64.1 Å². The molecule has 0 fully saturated rings. The average molecular weight is 557 g/mol. The van der Waals surface area contributed by atoms with Crippen LogP contribution in [0.15, 0.2) is 48.5 Å². The lowest BCUT2D eigenvalue weighted by molar-refractivity contribution is -0.141. The van der Waals surface area contributed by atoms with Gasteiger partial charge in [0.15, 0.2) is 0 Å². The van der Waals surface area contributed by atoms with Gasteiger partial charge in [-0.2, -0.15) is 0 Å². The molecule has 0 spiro atoms. The van der Waals surface area contributed by atoms with Gasteiger partial charge in [0.2, 0.25) is 21.8 Å². The minimum Gasteiger partial charge on any atom is -0.352 e. The topological polar surface area (TPSA) is 86.8 Å². The highest BCUT2D eigenvalue weighted by Crippen LogP contribution is 2.25. The molecular weight excluding hydrogens is 521 g/mol. The van der Waals surface area contributed by atoms with E-state index in [1.165, 1.54) is 4.31 Å². The molecule has 2 rings (SSSR count). The summed E-state index contributed by atoms with van der Waals surface area (Å²) in [6, 6.07) is 13.2. The molecule has 0 saturated heterocycles. The number of benzene rings is 2. The average Bonchev–Trinajstić information content (AvgIpc) is 2.83. The third-order valence-electron chi connectivity index (χ3n) is 5.92. The van der Waals surface area contributed by atoms with Crippen LogP contribution in [0.3, 0.4) is 0 Å². The van der Waals surface area contributed by atoms with Crippen LogP contribution in [-0.2, 0) is 26.2 Å². The molecule has 2 atom stereocenters. The first-order chi connectivity index (χ1) is 17.0. The first-order valence-corrected chi connectivity index (χ1v) is 14.6. The van der Waals surface area contributed by atoms with Gasteiger partial charge in [-0.1, -0.05) is 61.3 Å². The summed E-state index contributed by atoms with van der Waals surface area (Å²) in [4.78, 5) is 28.1. The number of rotatable bonds is 13. The number of carbonyl (C=O) groups is 2. The Hall–Kier alpha value is -2.29. The number of sulfonamides is 1. The van der Waals surface area contributed by atoms with Crippen LogP contribution in [0.25, 0.3) is 0 Å². The van der Waals surface area contributed by atoms with Crippen molar-refractivity contribution < 1.29 is 18.0 Å². The number of anilines is 1. The summed E-state index contributed by atoms with van der Waals surface area (Å²) in [6.07, 6.45) is 2.71. The summed E-state index contributed by atoms with van der Waals surface area (Å²) in [5.74, 6) is -0.462. The second-order valence-electron chi connectivity index (χ2n) is 8.79. The molecular formula is C26H35Cl2N3O4S. The van der Waals surface area contributed by atoms with Crippen molar-refractivity contribution in [1.82, 2.24) is 10.2 Å². The zero-order valence-electron chi connectivity index (χ0n) is 21.2. The Morgan fingerprint density at radius 2 is 1.67 bits per heavy atom. The van der Waals surface area contributed by atoms with Crippen molar-refractivity contribution in [2.75, 3.05) is 17.1 Å². The van der Waals surface area contributed by atoms with Crippen molar-refractivity contribution in [3.63, 3.8) is 0 Å². The lowest BCUT2D eigenvalue weighted by Gasteiger charge is -2.32. The Bertz CT molecular complexity index is 1130. The van der Waals surface area contributed by atoms with Gasteiger partial charge < -0.3 is 10.2 Å². The standard InChI is InChI=1S/C26H35Cl2N3O4S/c1-5-19(3)29-26(33)24(6-2)30(18-20-14-15-22(27)23(28)17-20)25(32)13-10-16-31(36(4,34)35)21-11-8-7-9-12-21/h7-9,11-12,14-15,17,19,24H,5-6,10,13,16,18H2,1-4H3,(H,29,33)/t19-,24-/m1/s1. The van der Waals surface area contributed by atoms with Gasteiger partial charge in [0.05, 0.1) is 22.0 Å². The fourth-order valence-electron chi connectivity index (χ4n) is 3.79. The molecule has 2 aromatic carbocycles. The highest BCUT2D eigenvalue weighted by atomic mass is 35.5. The Labute approximate surface area is 224 Å². The van der Waals surface area contributed by atoms with Crippen LogP contribution < -0.4 is 9.62 Å². The molecule has 0 aliphatic heterocycles. The number of para-hydroxylation sites is 1. The maximum absolute atomic E-state index is 13.4. The number of hydrogen-bond donors (Lipinski definition) is 1. The Morgan fingerprint density at radius 1 is 1.00 bits per heavy atom. The maximum atomic E-state index is 13.4. The van der Waals surface area contributed by atoms with Gasteiger partial charge in [-0.25, -0.2) is 8.42 Å². The van der Waals surface area contributed by atoms with E-state index in [2.05, 4.69) is 5.32 Å². The summed E-state index contributed by atoms with van der Waals surface area (Å²) in [5, 5.41) is 3.74. The van der Waals surface area contributed by atoms with Crippen LogP contribution in [0.4, 0.5) is 5.69 Å². The van der Waals surface area contributed by atoms with E-state index in [0.29, 0.717) is 28.6 Å². The fraction of sp³-hybridized carbons (Fsp3) is 0.462. The molecule has 2 amide bonds. The summed E-state index contributed by atoms with van der Waals surface area (Å²) in [5.41, 5.74) is 1.29. The minimum absolute atomic E-state index is 0.0253. The van der Waals surface area contributed by atoms with Crippen LogP contribution in [0.2, 0.25) is 10.0 Å². The zero-order chi connectivity index (χ0) is 26.9. The van der Waals surface area contributed by atoms with Crippen LogP contribution in [0.1, 0.15) is 52.0 Å². The van der Waals surface area contributed by atoms with E-state index in [1.54, 1.807) is 47.4 Å². The fourth-order valence-corrected chi connectivity index (χ4v) is 5.08. The smallest absolute Gasteiger partial charge is 0.243 e. The molecule has 36 heavy (non-hydrogen) atoms. The van der Waals surface area contributed by atoms with E-state index in [9.17, 15) is 18.0 Å². The minimum atomic E-state index is -3.53. The molecule has 0 heterocycles. The third-order valence-corrected chi connectivity index (χ3v) is 7.85. The largest absolute Gasteiger partial charge is 0.352 e. The molecule has 0 aliphatic rings. The Kier molecular flexibility index (Phi) is 11.5. The van der Waals surface area contributed by atoms with Gasteiger partial charge in [0.25, 0.3) is 0 Å². The first kappa shape index (κ1) is 29.9. The second-order valence-corrected chi connectivity index (χ2v) is 11.5. The highest BCUT2D eigenvalue weighted by molar-refractivity contribution is 7.92. The Morgan fingerprint density at radius 3 is 2.22 bits per heavy atom. The summed E-state index contributed by atoms with van der Waals surface area (Å²) >= 11 is 12.2. The van der Waals surface area contributed by atoms with E-state index in [1.807, 2.05) is 26.8 Å². The molecule has 0 saturated carbocycles. The molecule has 0 bridgehead atoms. The van der Waals surface area contributed by atoms with Crippen molar-refractivity contribution in [3.8, 4) is 0 Å². The molecule has 0 unspecified atom stereocenters. The SMILES string of the molecule is CC[C@@H](C)NC(=O)[C@@H](CC)N(Cc1ccc(Cl)c(Cl)c1)C(=O)CCCN(c1ccccc1)S(C)(=O)=O. The monoisotopic (exact) mass is 555 g/mol. The van der Waals surface area contributed by atoms with E-state index in [0.717, 1.165) is 18.2 Å². The van der Waals surface area contributed by atoms with E-state index >= 15 is 0 Å². The van der Waals surface area contributed by atoms with Gasteiger partial charge in [-0.15, -0.1) is 0 Å². The van der Waals surface area contributed by atoms with Crippen molar-refractivity contribution >= 4 is 50.7 Å². The summed E-state index contributed by atoms with van der Waals surface area (Å²) in [7, 11) is -3.53. The van der Waals surface area contributed by atoms with Crippen LogP contribution in [0.5, 0.6) is 0 Å². The maximum Gasteiger partial charge on any atom is 0.243 e. The quantitative estimate of drug-likeness (QED) is 0.365. The predicted molar refractivity (Wildman–Crippen MR) is 147 cm³/mol. The molecule has 2 aromatic rings. The van der Waals surface area contributed by atoms with Crippen molar-refractivity contribution in [1.29, 1.82) is 0 Å². The summed E-state index contributed by atoms with van der Waals surface area (Å²) in [6.45, 7) is 6.07. The van der Waals surface area contributed by atoms with Crippen molar-refractivity contribution in [2.24, 2.45) is 0 Å². The highest BCUT2D eigenvalue weighted by Gasteiger charge is 2.29. The Balaban J connectivity index is 2.24. The molecule has 7 nitrogen and oxygen atoms in total. The van der Waals surface area contributed by atoms with E-state index in [-0.39, 0.29) is 37.4 Å². The second kappa shape index (κ2) is 13.9. The number of hydrogen-bond acceptors (Lipinski definition) is 4. The van der Waals surface area contributed by atoms with Gasteiger partial charge >= 0.3 is 0 Å². The van der Waals surface area contributed by atoms with E-state index in [4.69, 9.17) is 23.2 Å². The molecule has 0 aromatic heterocycles. The van der Waals surface area contributed by atoms with Crippen LogP contribution in [-0.4, -0.2) is 50.0 Å². The first-order valence-electron chi connectivity index (χ1n) is 12.0. The molecule has 10 heteroatoms. The number of halogens is 2. The van der Waals surface area contributed by atoms with Crippen LogP contribution >= 0.6 is 23.2 Å². The molecule has 1 N–H and O–H groups in total. The molecule has 0 aliphatic carbocycles. The van der Waals surface area contributed by atoms with Crippen molar-refractivity contribution in [2.45, 2.75) is 65.1 Å². The lowest BCUT2D eigenvalue weighted by atomic mass is 10.1. The lowest BCUT2D eigenvalue weighted by Crippen LogP contribution is -2.50. The third kappa shape index (κ3) is 8.68.